The molecule has 0 spiro atoms. The molecule has 0 unspecified atom stereocenters. The summed E-state index contributed by atoms with van der Waals surface area (Å²) in [5.41, 5.74) is 5.68. The molecule has 2 aromatic rings. The van der Waals surface area contributed by atoms with Crippen LogP contribution < -0.4 is 5.73 Å². The van der Waals surface area contributed by atoms with Gasteiger partial charge in [-0.05, 0) is 18.2 Å². The molecule has 2 N–H and O–H groups in total. The Morgan fingerprint density at radius 2 is 2.18 bits per heavy atom. The summed E-state index contributed by atoms with van der Waals surface area (Å²) in [5.74, 6) is -0.587. The summed E-state index contributed by atoms with van der Waals surface area (Å²) in [4.78, 5) is 4.06. The molecule has 0 aliphatic heterocycles. The largest absolute Gasteiger partial charge is 0.387 e. The molecular formula is C11H9F2N3S. The first-order valence-corrected chi connectivity index (χ1v) is 5.23. The van der Waals surface area contributed by atoms with E-state index in [-0.39, 0.29) is 17.1 Å². The summed E-state index contributed by atoms with van der Waals surface area (Å²) in [7, 11) is 0. The SMILES string of the molecule is NC(=S)c1nccn1Cc1cc(F)ccc1F. The number of hydrogen-bond donors (Lipinski definition) is 1. The normalized spacial score (nSPS) is 10.5. The van der Waals surface area contributed by atoms with Gasteiger partial charge in [0.15, 0.2) is 5.82 Å². The van der Waals surface area contributed by atoms with E-state index in [4.69, 9.17) is 18.0 Å². The van der Waals surface area contributed by atoms with Crippen LogP contribution in [0.5, 0.6) is 0 Å². The van der Waals surface area contributed by atoms with Crippen molar-refractivity contribution in [3.8, 4) is 0 Å². The van der Waals surface area contributed by atoms with Crippen LogP contribution in [0, 0.1) is 11.6 Å². The Bertz CT molecular complexity index is 566. The van der Waals surface area contributed by atoms with Crippen LogP contribution in [-0.4, -0.2) is 14.5 Å². The third-order valence-corrected chi connectivity index (χ3v) is 2.47. The highest BCUT2D eigenvalue weighted by atomic mass is 32.1. The van der Waals surface area contributed by atoms with Crippen molar-refractivity contribution in [2.45, 2.75) is 6.54 Å². The van der Waals surface area contributed by atoms with E-state index in [1.165, 1.54) is 6.20 Å². The minimum absolute atomic E-state index is 0.117. The summed E-state index contributed by atoms with van der Waals surface area (Å²) in [6.07, 6.45) is 3.12. The van der Waals surface area contributed by atoms with Gasteiger partial charge in [0, 0.05) is 18.0 Å². The molecule has 0 bridgehead atoms. The maximum Gasteiger partial charge on any atom is 0.167 e. The molecule has 17 heavy (non-hydrogen) atoms. The van der Waals surface area contributed by atoms with Gasteiger partial charge in [-0.15, -0.1) is 0 Å². The van der Waals surface area contributed by atoms with E-state index in [1.54, 1.807) is 10.8 Å². The van der Waals surface area contributed by atoms with Crippen molar-refractivity contribution < 1.29 is 8.78 Å². The molecule has 0 aliphatic rings. The van der Waals surface area contributed by atoms with Crippen LogP contribution in [0.4, 0.5) is 8.78 Å². The standard InChI is InChI=1S/C11H9F2N3S/c12-8-1-2-9(13)7(5-8)6-16-4-3-15-11(16)10(14)17/h1-5H,6H2,(H2,14,17). The second kappa shape index (κ2) is 4.58. The van der Waals surface area contributed by atoms with Gasteiger partial charge in [-0.25, -0.2) is 13.8 Å². The number of aromatic nitrogens is 2. The first-order chi connectivity index (χ1) is 8.08. The predicted octanol–water partition coefficient (Wildman–Crippen LogP) is 1.84. The summed E-state index contributed by atoms with van der Waals surface area (Å²) < 4.78 is 28.0. The molecule has 3 nitrogen and oxygen atoms in total. The fourth-order valence-electron chi connectivity index (χ4n) is 1.51. The number of nitrogens with two attached hydrogens (primary N) is 1. The van der Waals surface area contributed by atoms with Crippen LogP contribution in [0.2, 0.25) is 0 Å². The van der Waals surface area contributed by atoms with Gasteiger partial charge in [0.1, 0.15) is 16.6 Å². The first kappa shape index (κ1) is 11.7. The Labute approximate surface area is 102 Å². The minimum atomic E-state index is -0.488. The Morgan fingerprint density at radius 1 is 1.41 bits per heavy atom. The molecule has 6 heteroatoms. The van der Waals surface area contributed by atoms with Crippen molar-refractivity contribution in [3.63, 3.8) is 0 Å². The van der Waals surface area contributed by atoms with Gasteiger partial charge in [0.25, 0.3) is 0 Å². The lowest BCUT2D eigenvalue weighted by Crippen LogP contribution is -2.17. The lowest BCUT2D eigenvalue weighted by molar-refractivity contribution is 0.576. The van der Waals surface area contributed by atoms with E-state index in [0.717, 1.165) is 18.2 Å². The molecule has 1 heterocycles. The number of rotatable bonds is 3. The summed E-state index contributed by atoms with van der Waals surface area (Å²) in [6.45, 7) is 0.135. The van der Waals surface area contributed by atoms with Crippen LogP contribution in [0.1, 0.15) is 11.4 Å². The Kier molecular flexibility index (Phi) is 3.14. The molecular weight excluding hydrogens is 244 g/mol. The molecule has 0 aliphatic carbocycles. The van der Waals surface area contributed by atoms with Gasteiger partial charge in [-0.3, -0.25) is 0 Å². The molecule has 0 atom stereocenters. The smallest absolute Gasteiger partial charge is 0.167 e. The predicted molar refractivity (Wildman–Crippen MR) is 63.6 cm³/mol. The molecule has 88 valence electrons. The lowest BCUT2D eigenvalue weighted by atomic mass is 10.2. The topological polar surface area (TPSA) is 43.8 Å². The molecule has 1 aromatic heterocycles. The van der Waals surface area contributed by atoms with E-state index in [1.807, 2.05) is 0 Å². The fraction of sp³-hybridized carbons (Fsp3) is 0.0909. The van der Waals surface area contributed by atoms with Crippen LogP contribution in [0.15, 0.2) is 30.6 Å². The third kappa shape index (κ3) is 2.47. The number of halogens is 2. The zero-order chi connectivity index (χ0) is 12.4. The zero-order valence-electron chi connectivity index (χ0n) is 8.73. The van der Waals surface area contributed by atoms with Gasteiger partial charge >= 0.3 is 0 Å². The van der Waals surface area contributed by atoms with Crippen molar-refractivity contribution in [1.82, 2.24) is 9.55 Å². The van der Waals surface area contributed by atoms with Gasteiger partial charge in [-0.2, -0.15) is 0 Å². The third-order valence-electron chi connectivity index (χ3n) is 2.28. The number of thiocarbonyl (C=S) groups is 1. The molecule has 2 rings (SSSR count). The van der Waals surface area contributed by atoms with Crippen molar-refractivity contribution in [2.75, 3.05) is 0 Å². The molecule has 0 saturated carbocycles. The Balaban J connectivity index is 2.34. The van der Waals surface area contributed by atoms with Gasteiger partial charge in [0.05, 0.1) is 6.54 Å². The lowest BCUT2D eigenvalue weighted by Gasteiger charge is -2.07. The van der Waals surface area contributed by atoms with Crippen LogP contribution in [0.25, 0.3) is 0 Å². The quantitative estimate of drug-likeness (QED) is 0.849. The van der Waals surface area contributed by atoms with E-state index < -0.39 is 11.6 Å². The van der Waals surface area contributed by atoms with Crippen molar-refractivity contribution in [1.29, 1.82) is 0 Å². The number of imidazole rings is 1. The second-order valence-corrected chi connectivity index (χ2v) is 3.92. The van der Waals surface area contributed by atoms with E-state index in [0.29, 0.717) is 5.82 Å². The first-order valence-electron chi connectivity index (χ1n) is 4.83. The zero-order valence-corrected chi connectivity index (χ0v) is 9.55. The molecule has 0 saturated heterocycles. The number of hydrogen-bond acceptors (Lipinski definition) is 2. The maximum atomic E-state index is 13.4. The van der Waals surface area contributed by atoms with Gasteiger partial charge < -0.3 is 10.3 Å². The molecule has 1 aromatic carbocycles. The molecule has 0 radical (unpaired) electrons. The van der Waals surface area contributed by atoms with Crippen LogP contribution in [-0.2, 0) is 6.54 Å². The highest BCUT2D eigenvalue weighted by Gasteiger charge is 2.09. The fourth-order valence-corrected chi connectivity index (χ4v) is 1.68. The summed E-state index contributed by atoms with van der Waals surface area (Å²) in [5, 5.41) is 0. The Hall–Kier alpha value is -1.82. The molecule has 0 amide bonds. The second-order valence-electron chi connectivity index (χ2n) is 3.48. The maximum absolute atomic E-state index is 13.4. The van der Waals surface area contributed by atoms with E-state index >= 15 is 0 Å². The van der Waals surface area contributed by atoms with Crippen LogP contribution >= 0.6 is 12.2 Å². The summed E-state index contributed by atoms with van der Waals surface area (Å²) >= 11 is 4.80. The highest BCUT2D eigenvalue weighted by molar-refractivity contribution is 7.80. The minimum Gasteiger partial charge on any atom is -0.387 e. The van der Waals surface area contributed by atoms with E-state index in [2.05, 4.69) is 4.98 Å². The average molecular weight is 253 g/mol. The van der Waals surface area contributed by atoms with Crippen molar-refractivity contribution in [3.05, 3.63) is 53.6 Å². The monoisotopic (exact) mass is 253 g/mol. The molecule has 0 fully saturated rings. The van der Waals surface area contributed by atoms with E-state index in [9.17, 15) is 8.78 Å². The van der Waals surface area contributed by atoms with Crippen molar-refractivity contribution in [2.24, 2.45) is 5.73 Å². The highest BCUT2D eigenvalue weighted by Crippen LogP contribution is 2.12. The van der Waals surface area contributed by atoms with Gasteiger partial charge in [0.2, 0.25) is 0 Å². The number of nitrogens with zero attached hydrogens (tertiary/aromatic N) is 2. The number of benzene rings is 1. The van der Waals surface area contributed by atoms with Crippen LogP contribution in [0.3, 0.4) is 0 Å². The van der Waals surface area contributed by atoms with Gasteiger partial charge in [-0.1, -0.05) is 12.2 Å². The Morgan fingerprint density at radius 3 is 2.88 bits per heavy atom. The van der Waals surface area contributed by atoms with Crippen molar-refractivity contribution >= 4 is 17.2 Å². The summed E-state index contributed by atoms with van der Waals surface area (Å²) in [6, 6.07) is 3.29. The average Bonchev–Trinajstić information content (AvgIpc) is 2.71.